The number of thioether (sulfide) groups is 1. The van der Waals surface area contributed by atoms with E-state index < -0.39 is 0 Å². The second kappa shape index (κ2) is 12.8. The van der Waals surface area contributed by atoms with Crippen molar-refractivity contribution in [3.05, 3.63) is 83.7 Å². The maximum atomic E-state index is 13.3. The van der Waals surface area contributed by atoms with Crippen LogP contribution in [0.5, 0.6) is 17.2 Å². The summed E-state index contributed by atoms with van der Waals surface area (Å²) < 4.78 is 18.0. The minimum Gasteiger partial charge on any atom is -0.495 e. The van der Waals surface area contributed by atoms with Crippen molar-refractivity contribution in [1.29, 1.82) is 0 Å². The molecule has 0 radical (unpaired) electrons. The smallest absolute Gasteiger partial charge is 0.251 e. The van der Waals surface area contributed by atoms with Crippen molar-refractivity contribution in [3.8, 4) is 22.9 Å². The van der Waals surface area contributed by atoms with Gasteiger partial charge in [0.2, 0.25) is 5.91 Å². The first-order chi connectivity index (χ1) is 20.0. The van der Waals surface area contributed by atoms with Gasteiger partial charge in [-0.15, -0.1) is 10.2 Å². The van der Waals surface area contributed by atoms with Crippen LogP contribution in [0.1, 0.15) is 28.2 Å². The number of para-hydroxylation sites is 3. The largest absolute Gasteiger partial charge is 0.495 e. The van der Waals surface area contributed by atoms with Crippen LogP contribution in [-0.2, 0) is 17.8 Å². The molecule has 0 unspecified atom stereocenters. The van der Waals surface area contributed by atoms with Crippen molar-refractivity contribution in [3.63, 3.8) is 0 Å². The van der Waals surface area contributed by atoms with E-state index in [4.69, 9.17) is 14.2 Å². The van der Waals surface area contributed by atoms with E-state index in [0.717, 1.165) is 18.5 Å². The van der Waals surface area contributed by atoms with Gasteiger partial charge in [0.1, 0.15) is 5.75 Å². The van der Waals surface area contributed by atoms with Gasteiger partial charge in [-0.2, -0.15) is 0 Å². The van der Waals surface area contributed by atoms with Gasteiger partial charge in [0.05, 0.1) is 39.3 Å². The minimum absolute atomic E-state index is 0.0000301. The highest BCUT2D eigenvalue weighted by Crippen LogP contribution is 2.31. The van der Waals surface area contributed by atoms with E-state index >= 15 is 0 Å². The third kappa shape index (κ3) is 5.99. The molecule has 0 bridgehead atoms. The summed E-state index contributed by atoms with van der Waals surface area (Å²) in [5.41, 5.74) is 3.26. The van der Waals surface area contributed by atoms with E-state index in [1.165, 1.54) is 31.5 Å². The molecule has 0 spiro atoms. The summed E-state index contributed by atoms with van der Waals surface area (Å²) in [5.74, 6) is 1.95. The summed E-state index contributed by atoms with van der Waals surface area (Å²) in [6.07, 6.45) is 1.89. The number of anilines is 1. The van der Waals surface area contributed by atoms with Gasteiger partial charge in [0.15, 0.2) is 22.5 Å². The molecule has 2 heterocycles. The molecule has 3 aromatic carbocycles. The van der Waals surface area contributed by atoms with Crippen molar-refractivity contribution in [1.82, 2.24) is 20.1 Å². The molecular weight excluding hydrogens is 542 g/mol. The van der Waals surface area contributed by atoms with Crippen LogP contribution in [0, 0.1) is 0 Å². The minimum atomic E-state index is -0.311. The van der Waals surface area contributed by atoms with Gasteiger partial charge < -0.3 is 24.4 Å². The average Bonchev–Trinajstić information content (AvgIpc) is 3.44. The fourth-order valence-electron chi connectivity index (χ4n) is 4.80. The second-order valence-electron chi connectivity index (χ2n) is 9.22. The number of rotatable bonds is 10. The molecule has 1 N–H and O–H groups in total. The zero-order chi connectivity index (χ0) is 28.8. The lowest BCUT2D eigenvalue weighted by Gasteiger charge is -2.29. The molecule has 10 nitrogen and oxygen atoms in total. The first kappa shape index (κ1) is 28.0. The highest BCUT2D eigenvalue weighted by Gasteiger charge is 2.24. The van der Waals surface area contributed by atoms with Crippen LogP contribution < -0.4 is 24.4 Å². The monoisotopic (exact) mass is 573 g/mol. The molecule has 0 aliphatic carbocycles. The summed E-state index contributed by atoms with van der Waals surface area (Å²) in [4.78, 5) is 28.2. The van der Waals surface area contributed by atoms with Gasteiger partial charge in [-0.25, -0.2) is 0 Å². The average molecular weight is 574 g/mol. The summed E-state index contributed by atoms with van der Waals surface area (Å²) in [5, 5.41) is 12.2. The van der Waals surface area contributed by atoms with Crippen molar-refractivity contribution in [2.75, 3.05) is 38.5 Å². The molecule has 0 fully saturated rings. The summed E-state index contributed by atoms with van der Waals surface area (Å²) >= 11 is 1.30. The number of carbonyl (C=O) groups is 2. The first-order valence-corrected chi connectivity index (χ1v) is 14.1. The van der Waals surface area contributed by atoms with Crippen LogP contribution in [0.2, 0.25) is 0 Å². The molecule has 1 aliphatic heterocycles. The number of ether oxygens (including phenoxy) is 3. The quantitative estimate of drug-likeness (QED) is 0.280. The number of hydrogen-bond donors (Lipinski definition) is 1. The Morgan fingerprint density at radius 2 is 1.61 bits per heavy atom. The number of nitrogens with one attached hydrogen (secondary N) is 1. The summed E-state index contributed by atoms with van der Waals surface area (Å²) in [6, 6.07) is 20.5. The third-order valence-corrected chi connectivity index (χ3v) is 7.73. The van der Waals surface area contributed by atoms with Crippen LogP contribution >= 0.6 is 11.8 Å². The van der Waals surface area contributed by atoms with Gasteiger partial charge in [-0.05, 0) is 54.8 Å². The number of hydrogen-bond acceptors (Lipinski definition) is 8. The molecule has 0 saturated heterocycles. The standard InChI is InChI=1S/C30H31N5O5S/c1-38-24-13-7-6-12-23(24)35-27(18-31-29(37)21-14-15-25(39-2)26(17-21)40-3)32-33-30(35)41-19-28(36)34-16-8-10-20-9-4-5-11-22(20)34/h4-7,9,11-15,17H,8,10,16,18-19H2,1-3H3,(H,31,37). The Labute approximate surface area is 242 Å². The second-order valence-corrected chi connectivity index (χ2v) is 10.2. The van der Waals surface area contributed by atoms with Crippen LogP contribution in [0.25, 0.3) is 5.69 Å². The maximum Gasteiger partial charge on any atom is 0.251 e. The molecule has 11 heteroatoms. The van der Waals surface area contributed by atoms with Gasteiger partial charge >= 0.3 is 0 Å². The fourth-order valence-corrected chi connectivity index (χ4v) is 5.64. The number of carbonyl (C=O) groups excluding carboxylic acids is 2. The number of amides is 2. The molecule has 4 aromatic rings. The van der Waals surface area contributed by atoms with E-state index in [1.54, 1.807) is 25.3 Å². The van der Waals surface area contributed by atoms with Crippen LogP contribution in [0.4, 0.5) is 5.69 Å². The van der Waals surface area contributed by atoms with E-state index in [-0.39, 0.29) is 24.1 Å². The fraction of sp³-hybridized carbons (Fsp3) is 0.267. The molecule has 41 heavy (non-hydrogen) atoms. The highest BCUT2D eigenvalue weighted by molar-refractivity contribution is 7.99. The first-order valence-electron chi connectivity index (χ1n) is 13.1. The third-order valence-electron chi connectivity index (χ3n) is 6.82. The van der Waals surface area contributed by atoms with Gasteiger partial charge in [-0.1, -0.05) is 42.1 Å². The molecule has 1 aromatic heterocycles. The number of fused-ring (bicyclic) bond motifs is 1. The van der Waals surface area contributed by atoms with Crippen molar-refractivity contribution in [2.45, 2.75) is 24.5 Å². The molecule has 0 atom stereocenters. The number of aryl methyl sites for hydroxylation is 1. The Morgan fingerprint density at radius 3 is 2.39 bits per heavy atom. The zero-order valence-electron chi connectivity index (χ0n) is 23.1. The van der Waals surface area contributed by atoms with Gasteiger partial charge in [0.25, 0.3) is 5.91 Å². The Balaban J connectivity index is 1.37. The van der Waals surface area contributed by atoms with Crippen molar-refractivity contribution >= 4 is 29.3 Å². The van der Waals surface area contributed by atoms with Crippen LogP contribution in [0.3, 0.4) is 0 Å². The summed E-state index contributed by atoms with van der Waals surface area (Å²) in [7, 11) is 4.64. The van der Waals surface area contributed by atoms with Crippen molar-refractivity contribution < 1.29 is 23.8 Å². The Hall–Kier alpha value is -4.51. The van der Waals surface area contributed by atoms with E-state index in [9.17, 15) is 9.59 Å². The SMILES string of the molecule is COc1ccc(C(=O)NCc2nnc(SCC(=O)N3CCCc4ccccc43)n2-c2ccccc2OC)cc1OC. The van der Waals surface area contributed by atoms with E-state index in [1.807, 2.05) is 51.9 Å². The lowest BCUT2D eigenvalue weighted by Crippen LogP contribution is -2.36. The maximum absolute atomic E-state index is 13.3. The highest BCUT2D eigenvalue weighted by atomic mass is 32.2. The van der Waals surface area contributed by atoms with Crippen molar-refractivity contribution in [2.24, 2.45) is 0 Å². The van der Waals surface area contributed by atoms with E-state index in [2.05, 4.69) is 21.6 Å². The lowest BCUT2D eigenvalue weighted by atomic mass is 10.0. The predicted molar refractivity (Wildman–Crippen MR) is 156 cm³/mol. The summed E-state index contributed by atoms with van der Waals surface area (Å²) in [6.45, 7) is 0.773. The Kier molecular flexibility index (Phi) is 8.73. The molecular formula is C30H31N5O5S. The number of benzene rings is 3. The number of methoxy groups -OCH3 is 3. The predicted octanol–water partition coefficient (Wildman–Crippen LogP) is 4.29. The zero-order valence-corrected chi connectivity index (χ0v) is 23.9. The van der Waals surface area contributed by atoms with Crippen LogP contribution in [-0.4, -0.2) is 60.2 Å². The topological polar surface area (TPSA) is 108 Å². The molecule has 212 valence electrons. The number of aromatic nitrogens is 3. The van der Waals surface area contributed by atoms with Gasteiger partial charge in [-0.3, -0.25) is 14.2 Å². The molecule has 2 amide bonds. The van der Waals surface area contributed by atoms with Crippen LogP contribution in [0.15, 0.2) is 71.9 Å². The lowest BCUT2D eigenvalue weighted by molar-refractivity contribution is -0.116. The van der Waals surface area contributed by atoms with Gasteiger partial charge in [0, 0.05) is 17.8 Å². The normalized spacial score (nSPS) is 12.4. The molecule has 1 aliphatic rings. The Morgan fingerprint density at radius 1 is 0.878 bits per heavy atom. The molecule has 0 saturated carbocycles. The Bertz CT molecular complexity index is 1560. The molecule has 5 rings (SSSR count). The number of nitrogens with zero attached hydrogens (tertiary/aromatic N) is 4. The van der Waals surface area contributed by atoms with E-state index in [0.29, 0.717) is 46.0 Å².